The smallest absolute Gasteiger partial charge is 0.0550 e. The molecule has 0 saturated heterocycles. The molecule has 0 saturated carbocycles. The fourth-order valence-electron chi connectivity index (χ4n) is 1.89. The van der Waals surface area contributed by atoms with Gasteiger partial charge in [0.1, 0.15) is 0 Å². The Bertz CT molecular complexity index is 320. The molecule has 0 fully saturated rings. The molecule has 0 aliphatic carbocycles. The first kappa shape index (κ1) is 14.5. The minimum Gasteiger partial charge on any atom is -0.395 e. The minimum absolute atomic E-state index is 0.0884. The molecule has 0 heterocycles. The number of hydrogen-bond acceptors (Lipinski definition) is 3. The largest absolute Gasteiger partial charge is 0.395 e. The van der Waals surface area contributed by atoms with Crippen molar-refractivity contribution in [1.82, 2.24) is 0 Å². The van der Waals surface area contributed by atoms with Crippen LogP contribution in [0.25, 0.3) is 0 Å². The zero-order chi connectivity index (χ0) is 12.7. The van der Waals surface area contributed by atoms with Crippen LogP contribution in [-0.2, 0) is 10.2 Å². The van der Waals surface area contributed by atoms with E-state index in [1.807, 2.05) is 12.1 Å². The van der Waals surface area contributed by atoms with E-state index >= 15 is 0 Å². The van der Waals surface area contributed by atoms with Gasteiger partial charge in [0, 0.05) is 24.2 Å². The predicted molar refractivity (Wildman–Crippen MR) is 68.4 cm³/mol. The van der Waals surface area contributed by atoms with Crippen molar-refractivity contribution in [2.75, 3.05) is 26.9 Å². The molecule has 0 spiro atoms. The monoisotopic (exact) mass is 258 g/mol. The number of halogens is 1. The molecule has 0 aliphatic heterocycles. The summed E-state index contributed by atoms with van der Waals surface area (Å²) in [7, 11) is 1.64. The topological polar surface area (TPSA) is 49.7 Å². The molecule has 1 rings (SSSR count). The van der Waals surface area contributed by atoms with Gasteiger partial charge in [-0.1, -0.05) is 23.7 Å². The van der Waals surface area contributed by atoms with Gasteiger partial charge in [-0.05, 0) is 30.5 Å². The van der Waals surface area contributed by atoms with Gasteiger partial charge < -0.3 is 14.9 Å². The van der Waals surface area contributed by atoms with Crippen molar-refractivity contribution in [1.29, 1.82) is 0 Å². The van der Waals surface area contributed by atoms with Crippen molar-refractivity contribution >= 4 is 11.6 Å². The summed E-state index contributed by atoms with van der Waals surface area (Å²) in [5, 5.41) is 19.8. The van der Waals surface area contributed by atoms with Crippen molar-refractivity contribution in [3.05, 3.63) is 34.9 Å². The summed E-state index contributed by atoms with van der Waals surface area (Å²) in [6.07, 6.45) is 1.47. The summed E-state index contributed by atoms with van der Waals surface area (Å²) in [4.78, 5) is 0. The molecule has 17 heavy (non-hydrogen) atoms. The second-order valence-electron chi connectivity index (χ2n) is 4.20. The molecule has 1 aromatic carbocycles. The van der Waals surface area contributed by atoms with Crippen LogP contribution in [0, 0.1) is 0 Å². The van der Waals surface area contributed by atoms with Gasteiger partial charge in [0.2, 0.25) is 0 Å². The SMILES string of the molecule is COCCCC(CO)(CO)c1ccc(Cl)cc1. The number of benzene rings is 1. The van der Waals surface area contributed by atoms with E-state index in [0.717, 1.165) is 12.0 Å². The van der Waals surface area contributed by atoms with E-state index < -0.39 is 5.41 Å². The molecule has 0 aromatic heterocycles. The molecule has 0 bridgehead atoms. The lowest BCUT2D eigenvalue weighted by Crippen LogP contribution is -2.35. The second-order valence-corrected chi connectivity index (χ2v) is 4.64. The van der Waals surface area contributed by atoms with Gasteiger partial charge in [-0.3, -0.25) is 0 Å². The Labute approximate surface area is 107 Å². The Morgan fingerprint density at radius 2 is 1.76 bits per heavy atom. The van der Waals surface area contributed by atoms with Gasteiger partial charge >= 0.3 is 0 Å². The van der Waals surface area contributed by atoms with E-state index in [-0.39, 0.29) is 13.2 Å². The van der Waals surface area contributed by atoms with Crippen LogP contribution in [0.5, 0.6) is 0 Å². The normalized spacial score (nSPS) is 11.8. The summed E-state index contributed by atoms with van der Waals surface area (Å²) < 4.78 is 5.00. The third kappa shape index (κ3) is 3.68. The number of rotatable bonds is 7. The van der Waals surface area contributed by atoms with Crippen molar-refractivity contribution in [3.63, 3.8) is 0 Å². The molecule has 0 atom stereocenters. The van der Waals surface area contributed by atoms with E-state index in [0.29, 0.717) is 18.1 Å². The zero-order valence-corrected chi connectivity index (χ0v) is 10.8. The Kier molecular flexibility index (Phi) is 5.92. The van der Waals surface area contributed by atoms with Crippen molar-refractivity contribution in [2.45, 2.75) is 18.3 Å². The van der Waals surface area contributed by atoms with Crippen molar-refractivity contribution in [3.8, 4) is 0 Å². The Morgan fingerprint density at radius 1 is 1.18 bits per heavy atom. The summed E-state index contributed by atoms with van der Waals surface area (Å²) in [5.41, 5.74) is 0.298. The molecule has 1 aromatic rings. The Morgan fingerprint density at radius 3 is 2.24 bits per heavy atom. The third-order valence-electron chi connectivity index (χ3n) is 3.07. The first-order chi connectivity index (χ1) is 8.18. The fourth-order valence-corrected chi connectivity index (χ4v) is 2.02. The number of aliphatic hydroxyl groups is 2. The molecular formula is C13H19ClO3. The van der Waals surface area contributed by atoms with E-state index in [1.165, 1.54) is 0 Å². The van der Waals surface area contributed by atoms with Gasteiger partial charge in [0.25, 0.3) is 0 Å². The van der Waals surface area contributed by atoms with Crippen LogP contribution >= 0.6 is 11.6 Å². The van der Waals surface area contributed by atoms with Crippen LogP contribution in [0.15, 0.2) is 24.3 Å². The summed E-state index contributed by atoms with van der Waals surface area (Å²) >= 11 is 5.83. The fraction of sp³-hybridized carbons (Fsp3) is 0.538. The second kappa shape index (κ2) is 6.97. The summed E-state index contributed by atoms with van der Waals surface area (Å²) in [6, 6.07) is 7.24. The highest BCUT2D eigenvalue weighted by atomic mass is 35.5. The molecule has 0 unspecified atom stereocenters. The van der Waals surface area contributed by atoms with Crippen LogP contribution in [-0.4, -0.2) is 37.1 Å². The van der Waals surface area contributed by atoms with E-state index in [1.54, 1.807) is 19.2 Å². The maximum Gasteiger partial charge on any atom is 0.0550 e. The van der Waals surface area contributed by atoms with Crippen LogP contribution < -0.4 is 0 Å². The van der Waals surface area contributed by atoms with E-state index in [9.17, 15) is 10.2 Å². The Hall–Kier alpha value is -0.610. The third-order valence-corrected chi connectivity index (χ3v) is 3.32. The van der Waals surface area contributed by atoms with Crippen molar-refractivity contribution < 1.29 is 14.9 Å². The van der Waals surface area contributed by atoms with Crippen LogP contribution in [0.4, 0.5) is 0 Å². The number of ether oxygens (including phenoxy) is 1. The summed E-state index contributed by atoms with van der Waals surface area (Å²) in [6.45, 7) is 0.443. The standard InChI is InChI=1S/C13H19ClO3/c1-17-8-2-7-13(9-15,10-16)11-3-5-12(14)6-4-11/h3-6,15-16H,2,7-10H2,1H3. The number of methoxy groups -OCH3 is 1. The molecule has 0 amide bonds. The Balaban J connectivity index is 2.85. The van der Waals surface area contributed by atoms with E-state index in [4.69, 9.17) is 16.3 Å². The maximum atomic E-state index is 9.56. The van der Waals surface area contributed by atoms with Gasteiger partial charge in [-0.25, -0.2) is 0 Å². The lowest BCUT2D eigenvalue weighted by atomic mass is 9.78. The van der Waals surface area contributed by atoms with Gasteiger partial charge in [-0.15, -0.1) is 0 Å². The quantitative estimate of drug-likeness (QED) is 0.736. The van der Waals surface area contributed by atoms with Crippen molar-refractivity contribution in [2.24, 2.45) is 0 Å². The number of hydrogen-bond donors (Lipinski definition) is 2. The molecule has 3 nitrogen and oxygen atoms in total. The minimum atomic E-state index is -0.608. The van der Waals surface area contributed by atoms with Crippen LogP contribution in [0.2, 0.25) is 5.02 Å². The molecule has 2 N–H and O–H groups in total. The zero-order valence-electron chi connectivity index (χ0n) is 10.0. The highest BCUT2D eigenvalue weighted by Gasteiger charge is 2.30. The molecule has 4 heteroatoms. The summed E-state index contributed by atoms with van der Waals surface area (Å²) in [5.74, 6) is 0. The molecule has 0 radical (unpaired) electrons. The number of aliphatic hydroxyl groups excluding tert-OH is 2. The average Bonchev–Trinajstić information content (AvgIpc) is 2.37. The van der Waals surface area contributed by atoms with Crippen LogP contribution in [0.1, 0.15) is 18.4 Å². The van der Waals surface area contributed by atoms with Gasteiger partial charge in [0.15, 0.2) is 0 Å². The lowest BCUT2D eigenvalue weighted by molar-refractivity contribution is 0.0969. The van der Waals surface area contributed by atoms with Gasteiger partial charge in [0.05, 0.1) is 13.2 Å². The first-order valence-corrected chi connectivity index (χ1v) is 6.03. The molecular weight excluding hydrogens is 240 g/mol. The maximum absolute atomic E-state index is 9.56. The predicted octanol–water partition coefficient (Wildman–Crippen LogP) is 1.99. The lowest BCUT2D eigenvalue weighted by Gasteiger charge is -2.30. The van der Waals surface area contributed by atoms with E-state index in [2.05, 4.69) is 0 Å². The first-order valence-electron chi connectivity index (χ1n) is 5.65. The average molecular weight is 259 g/mol. The highest BCUT2D eigenvalue weighted by molar-refractivity contribution is 6.30. The highest BCUT2D eigenvalue weighted by Crippen LogP contribution is 2.29. The van der Waals surface area contributed by atoms with Gasteiger partial charge in [-0.2, -0.15) is 0 Å². The molecule has 96 valence electrons. The van der Waals surface area contributed by atoms with Crippen LogP contribution in [0.3, 0.4) is 0 Å². The molecule has 0 aliphatic rings.